The molecule has 1 aliphatic rings. The van der Waals surface area contributed by atoms with Gasteiger partial charge in [-0.25, -0.2) is 0 Å². The van der Waals surface area contributed by atoms with Crippen molar-refractivity contribution in [2.75, 3.05) is 0 Å². The monoisotopic (exact) mass is 204 g/mol. The van der Waals surface area contributed by atoms with Gasteiger partial charge in [-0.1, -0.05) is 18.2 Å². The number of aliphatic carboxylic acids is 1. The van der Waals surface area contributed by atoms with Crippen LogP contribution in [0.2, 0.25) is 0 Å². The average Bonchev–Trinajstić information content (AvgIpc) is 2.91. The molecule has 15 heavy (non-hydrogen) atoms. The van der Waals surface area contributed by atoms with E-state index in [1.807, 2.05) is 0 Å². The normalized spacial score (nSPS) is 23.9. The molecular weight excluding hydrogens is 188 g/mol. The minimum absolute atomic E-state index is 0.0911. The van der Waals surface area contributed by atoms with Gasteiger partial charge in [0.25, 0.3) is 0 Å². The predicted molar refractivity (Wildman–Crippen MR) is 58.9 cm³/mol. The third kappa shape index (κ3) is 2.20. The third-order valence-electron chi connectivity index (χ3n) is 3.31. The van der Waals surface area contributed by atoms with Crippen LogP contribution >= 0.6 is 0 Å². The molecular formula is C13H16O2. The molecule has 1 N–H and O–H groups in total. The van der Waals surface area contributed by atoms with Crippen LogP contribution in [-0.4, -0.2) is 11.1 Å². The quantitative estimate of drug-likeness (QED) is 0.821. The molecule has 2 atom stereocenters. The van der Waals surface area contributed by atoms with Crippen LogP contribution in [0.4, 0.5) is 0 Å². The Morgan fingerprint density at radius 2 is 2.13 bits per heavy atom. The molecule has 2 heteroatoms. The summed E-state index contributed by atoms with van der Waals surface area (Å²) < 4.78 is 0. The topological polar surface area (TPSA) is 37.3 Å². The molecule has 1 saturated carbocycles. The predicted octanol–water partition coefficient (Wildman–Crippen LogP) is 2.57. The van der Waals surface area contributed by atoms with Gasteiger partial charge in [-0.15, -0.1) is 0 Å². The van der Waals surface area contributed by atoms with Crippen molar-refractivity contribution in [1.29, 1.82) is 0 Å². The number of hydrogen-bond acceptors (Lipinski definition) is 1. The number of carboxylic acids is 1. The van der Waals surface area contributed by atoms with Gasteiger partial charge in [0.15, 0.2) is 0 Å². The third-order valence-corrected chi connectivity index (χ3v) is 3.31. The Bertz CT molecular complexity index is 396. The maximum absolute atomic E-state index is 10.7. The van der Waals surface area contributed by atoms with Crippen LogP contribution in [0.25, 0.3) is 0 Å². The SMILES string of the molecule is Cc1ccc(C[C@H]2C[C@H]2C(=O)O)cc1C. The minimum Gasteiger partial charge on any atom is -0.481 e. The lowest BCUT2D eigenvalue weighted by molar-refractivity contribution is -0.138. The van der Waals surface area contributed by atoms with Crippen molar-refractivity contribution in [2.24, 2.45) is 11.8 Å². The smallest absolute Gasteiger partial charge is 0.306 e. The summed E-state index contributed by atoms with van der Waals surface area (Å²) >= 11 is 0. The Morgan fingerprint density at radius 1 is 1.40 bits per heavy atom. The van der Waals surface area contributed by atoms with Crippen LogP contribution < -0.4 is 0 Å². The first-order valence-corrected chi connectivity index (χ1v) is 5.37. The number of carboxylic acid groups (broad SMARTS) is 1. The fraction of sp³-hybridized carbons (Fsp3) is 0.462. The van der Waals surface area contributed by atoms with Crippen LogP contribution in [-0.2, 0) is 11.2 Å². The number of rotatable bonds is 3. The van der Waals surface area contributed by atoms with Gasteiger partial charge in [0.1, 0.15) is 0 Å². The van der Waals surface area contributed by atoms with Crippen LogP contribution in [0.15, 0.2) is 18.2 Å². The van der Waals surface area contributed by atoms with Crippen LogP contribution in [0, 0.1) is 25.7 Å². The van der Waals surface area contributed by atoms with E-state index in [-0.39, 0.29) is 5.92 Å². The molecule has 0 aliphatic heterocycles. The van der Waals surface area contributed by atoms with E-state index in [4.69, 9.17) is 5.11 Å². The van der Waals surface area contributed by atoms with Crippen molar-refractivity contribution in [1.82, 2.24) is 0 Å². The lowest BCUT2D eigenvalue weighted by Crippen LogP contribution is -2.01. The van der Waals surface area contributed by atoms with Crippen molar-refractivity contribution >= 4 is 5.97 Å². The van der Waals surface area contributed by atoms with Gasteiger partial charge in [0, 0.05) is 0 Å². The Hall–Kier alpha value is -1.31. The molecule has 0 heterocycles. The van der Waals surface area contributed by atoms with E-state index in [1.165, 1.54) is 16.7 Å². The van der Waals surface area contributed by atoms with Gasteiger partial charge >= 0.3 is 5.97 Å². The number of aryl methyl sites for hydroxylation is 2. The summed E-state index contributed by atoms with van der Waals surface area (Å²) in [4.78, 5) is 10.7. The van der Waals surface area contributed by atoms with Crippen LogP contribution in [0.1, 0.15) is 23.1 Å². The highest BCUT2D eigenvalue weighted by atomic mass is 16.4. The first kappa shape index (κ1) is 10.2. The highest BCUT2D eigenvalue weighted by molar-refractivity contribution is 5.73. The Kier molecular flexibility index (Phi) is 2.51. The summed E-state index contributed by atoms with van der Waals surface area (Å²) in [5.41, 5.74) is 3.86. The molecule has 2 nitrogen and oxygen atoms in total. The largest absolute Gasteiger partial charge is 0.481 e. The molecule has 1 aromatic rings. The van der Waals surface area contributed by atoms with Crippen molar-refractivity contribution in [3.05, 3.63) is 34.9 Å². The molecule has 0 unspecified atom stereocenters. The summed E-state index contributed by atoms with van der Waals surface area (Å²) in [5, 5.41) is 8.80. The first-order valence-electron chi connectivity index (χ1n) is 5.37. The molecule has 0 amide bonds. The fourth-order valence-corrected chi connectivity index (χ4v) is 2.01. The summed E-state index contributed by atoms with van der Waals surface area (Å²) in [5.74, 6) is -0.361. The molecule has 0 aromatic heterocycles. The molecule has 0 radical (unpaired) electrons. The molecule has 2 rings (SSSR count). The van der Waals surface area contributed by atoms with Crippen molar-refractivity contribution in [3.8, 4) is 0 Å². The van der Waals surface area contributed by atoms with E-state index in [2.05, 4.69) is 32.0 Å². The van der Waals surface area contributed by atoms with Crippen molar-refractivity contribution in [3.63, 3.8) is 0 Å². The van der Waals surface area contributed by atoms with E-state index >= 15 is 0 Å². The molecule has 0 spiro atoms. The lowest BCUT2D eigenvalue weighted by atomic mass is 10.0. The number of benzene rings is 1. The lowest BCUT2D eigenvalue weighted by Gasteiger charge is -2.04. The van der Waals surface area contributed by atoms with E-state index in [0.29, 0.717) is 5.92 Å². The molecule has 1 aliphatic carbocycles. The van der Waals surface area contributed by atoms with Gasteiger partial charge in [-0.3, -0.25) is 4.79 Å². The van der Waals surface area contributed by atoms with E-state index < -0.39 is 5.97 Å². The van der Waals surface area contributed by atoms with Crippen molar-refractivity contribution in [2.45, 2.75) is 26.7 Å². The Balaban J connectivity index is 2.01. The van der Waals surface area contributed by atoms with Gasteiger partial charge in [0.05, 0.1) is 5.92 Å². The summed E-state index contributed by atoms with van der Waals surface area (Å²) in [6.07, 6.45) is 1.76. The molecule has 0 saturated heterocycles. The maximum atomic E-state index is 10.7. The number of carbonyl (C=O) groups is 1. The highest BCUT2D eigenvalue weighted by Crippen LogP contribution is 2.41. The fourth-order valence-electron chi connectivity index (χ4n) is 2.01. The number of hydrogen-bond donors (Lipinski definition) is 1. The van der Waals surface area contributed by atoms with E-state index in [1.54, 1.807) is 0 Å². The second-order valence-electron chi connectivity index (χ2n) is 4.56. The summed E-state index contributed by atoms with van der Waals surface area (Å²) in [6.45, 7) is 4.19. The van der Waals surface area contributed by atoms with E-state index in [0.717, 1.165) is 12.8 Å². The second kappa shape index (κ2) is 3.69. The second-order valence-corrected chi connectivity index (χ2v) is 4.56. The standard InChI is InChI=1S/C13H16O2/c1-8-3-4-10(5-9(8)2)6-11-7-12(11)13(14)15/h3-5,11-12H,6-7H2,1-2H3,(H,14,15)/t11-,12+/m0/s1. The van der Waals surface area contributed by atoms with E-state index in [9.17, 15) is 4.79 Å². The molecule has 0 bridgehead atoms. The maximum Gasteiger partial charge on any atom is 0.306 e. The Morgan fingerprint density at radius 3 is 2.67 bits per heavy atom. The molecule has 1 fully saturated rings. The molecule has 80 valence electrons. The van der Waals surface area contributed by atoms with Gasteiger partial charge in [-0.2, -0.15) is 0 Å². The minimum atomic E-state index is -0.635. The van der Waals surface area contributed by atoms with Crippen LogP contribution in [0.5, 0.6) is 0 Å². The zero-order valence-electron chi connectivity index (χ0n) is 9.16. The van der Waals surface area contributed by atoms with Gasteiger partial charge in [-0.05, 0) is 49.3 Å². The average molecular weight is 204 g/mol. The van der Waals surface area contributed by atoms with Crippen molar-refractivity contribution < 1.29 is 9.90 Å². The van der Waals surface area contributed by atoms with Gasteiger partial charge < -0.3 is 5.11 Å². The van der Waals surface area contributed by atoms with Gasteiger partial charge in [0.2, 0.25) is 0 Å². The highest BCUT2D eigenvalue weighted by Gasteiger charge is 2.42. The summed E-state index contributed by atoms with van der Waals surface area (Å²) in [6, 6.07) is 6.40. The molecule has 1 aromatic carbocycles. The first-order chi connectivity index (χ1) is 7.08. The summed E-state index contributed by atoms with van der Waals surface area (Å²) in [7, 11) is 0. The zero-order valence-corrected chi connectivity index (χ0v) is 9.16. The van der Waals surface area contributed by atoms with Crippen LogP contribution in [0.3, 0.4) is 0 Å². The zero-order chi connectivity index (χ0) is 11.0. The Labute approximate surface area is 89.9 Å².